The fraction of sp³-hybridized carbons (Fsp3) is 0.357. The summed E-state index contributed by atoms with van der Waals surface area (Å²) >= 11 is 0. The van der Waals surface area contributed by atoms with Gasteiger partial charge in [-0.1, -0.05) is 37.6 Å². The lowest BCUT2D eigenvalue weighted by atomic mass is 10.1. The fourth-order valence-electron chi connectivity index (χ4n) is 1.51. The fourth-order valence-corrected chi connectivity index (χ4v) is 1.51. The standard InChI is InChI=1S/C14H15F3O2/c1-2-3-4-10-5-7-11(8-6-10)12(18)9-13(19)14(15,16)17/h5-9,18H,2-4H2,1H3/b12-9-. The van der Waals surface area contributed by atoms with Crippen LogP contribution in [0.15, 0.2) is 30.3 Å². The zero-order valence-electron chi connectivity index (χ0n) is 10.5. The second kappa shape index (κ2) is 6.41. The van der Waals surface area contributed by atoms with E-state index in [1.54, 1.807) is 12.1 Å². The van der Waals surface area contributed by atoms with Crippen LogP contribution in [0.25, 0.3) is 5.76 Å². The Bertz CT molecular complexity index is 459. The van der Waals surface area contributed by atoms with Gasteiger partial charge >= 0.3 is 6.18 Å². The van der Waals surface area contributed by atoms with Crippen molar-refractivity contribution in [2.45, 2.75) is 32.4 Å². The Labute approximate surface area is 109 Å². The van der Waals surface area contributed by atoms with Crippen LogP contribution in [-0.4, -0.2) is 17.1 Å². The second-order valence-electron chi connectivity index (χ2n) is 4.19. The summed E-state index contributed by atoms with van der Waals surface area (Å²) in [6, 6.07) is 6.46. The van der Waals surface area contributed by atoms with Crippen LogP contribution < -0.4 is 0 Å². The van der Waals surface area contributed by atoms with Crippen molar-refractivity contribution in [1.82, 2.24) is 0 Å². The van der Waals surface area contributed by atoms with Gasteiger partial charge in [-0.15, -0.1) is 0 Å². The van der Waals surface area contributed by atoms with Gasteiger partial charge in [-0.05, 0) is 18.4 Å². The average molecular weight is 272 g/mol. The quantitative estimate of drug-likeness (QED) is 0.648. The summed E-state index contributed by atoms with van der Waals surface area (Å²) in [4.78, 5) is 10.7. The highest BCUT2D eigenvalue weighted by atomic mass is 19.4. The molecule has 0 aliphatic rings. The van der Waals surface area contributed by atoms with Gasteiger partial charge in [0.25, 0.3) is 5.78 Å². The van der Waals surface area contributed by atoms with Gasteiger partial charge in [0.15, 0.2) is 0 Å². The van der Waals surface area contributed by atoms with Gasteiger partial charge in [0, 0.05) is 11.6 Å². The van der Waals surface area contributed by atoms with Crippen molar-refractivity contribution in [2.75, 3.05) is 0 Å². The molecule has 104 valence electrons. The molecule has 0 amide bonds. The Kier molecular flexibility index (Phi) is 5.15. The molecule has 0 aromatic heterocycles. The predicted octanol–water partition coefficient (Wildman–Crippen LogP) is 4.06. The molecule has 0 saturated heterocycles. The van der Waals surface area contributed by atoms with Crippen molar-refractivity contribution >= 4 is 11.5 Å². The number of hydrogen-bond donors (Lipinski definition) is 1. The van der Waals surface area contributed by atoms with Crippen LogP contribution in [0.1, 0.15) is 30.9 Å². The lowest BCUT2D eigenvalue weighted by molar-refractivity contribution is -0.165. The number of alkyl halides is 3. The lowest BCUT2D eigenvalue weighted by Gasteiger charge is -2.04. The Morgan fingerprint density at radius 2 is 1.84 bits per heavy atom. The number of aryl methyl sites for hydroxylation is 1. The van der Waals surface area contributed by atoms with Gasteiger partial charge < -0.3 is 5.11 Å². The van der Waals surface area contributed by atoms with E-state index in [2.05, 4.69) is 6.92 Å². The van der Waals surface area contributed by atoms with E-state index in [-0.39, 0.29) is 11.6 Å². The molecule has 5 heteroatoms. The third kappa shape index (κ3) is 4.77. The van der Waals surface area contributed by atoms with Crippen LogP contribution in [0.3, 0.4) is 0 Å². The third-order valence-corrected chi connectivity index (χ3v) is 2.62. The molecule has 0 spiro atoms. The van der Waals surface area contributed by atoms with Gasteiger partial charge in [0.05, 0.1) is 0 Å². The lowest BCUT2D eigenvalue weighted by Crippen LogP contribution is -2.20. The Morgan fingerprint density at radius 1 is 1.26 bits per heavy atom. The van der Waals surface area contributed by atoms with E-state index in [0.29, 0.717) is 0 Å². The first kappa shape index (κ1) is 15.3. The zero-order valence-corrected chi connectivity index (χ0v) is 10.5. The Morgan fingerprint density at radius 3 is 2.32 bits per heavy atom. The molecule has 1 N–H and O–H groups in total. The normalized spacial score (nSPS) is 12.5. The first-order valence-electron chi connectivity index (χ1n) is 5.95. The molecule has 1 rings (SSSR count). The predicted molar refractivity (Wildman–Crippen MR) is 66.7 cm³/mol. The van der Waals surface area contributed by atoms with E-state index in [1.807, 2.05) is 0 Å². The van der Waals surface area contributed by atoms with Gasteiger partial charge in [-0.2, -0.15) is 13.2 Å². The molecule has 0 saturated carbocycles. The summed E-state index contributed by atoms with van der Waals surface area (Å²) in [6.45, 7) is 2.06. The third-order valence-electron chi connectivity index (χ3n) is 2.62. The first-order valence-corrected chi connectivity index (χ1v) is 5.95. The molecular formula is C14H15F3O2. The van der Waals surface area contributed by atoms with Gasteiger partial charge in [0.1, 0.15) is 5.76 Å². The minimum absolute atomic E-state index is 0.192. The van der Waals surface area contributed by atoms with Crippen LogP contribution in [0.4, 0.5) is 13.2 Å². The van der Waals surface area contributed by atoms with Gasteiger partial charge in [0.2, 0.25) is 0 Å². The Hall–Kier alpha value is -1.78. The highest BCUT2D eigenvalue weighted by Crippen LogP contribution is 2.20. The van der Waals surface area contributed by atoms with Crippen molar-refractivity contribution < 1.29 is 23.1 Å². The van der Waals surface area contributed by atoms with Gasteiger partial charge in [-0.25, -0.2) is 0 Å². The van der Waals surface area contributed by atoms with E-state index in [1.165, 1.54) is 12.1 Å². The minimum atomic E-state index is -4.96. The molecule has 19 heavy (non-hydrogen) atoms. The number of unbranched alkanes of at least 4 members (excludes halogenated alkanes) is 1. The molecule has 0 bridgehead atoms. The number of carbonyl (C=O) groups excluding carboxylic acids is 1. The van der Waals surface area contributed by atoms with E-state index < -0.39 is 17.7 Å². The topological polar surface area (TPSA) is 37.3 Å². The highest BCUT2D eigenvalue weighted by Gasteiger charge is 2.36. The molecule has 0 aliphatic carbocycles. The number of allylic oxidation sites excluding steroid dienone is 1. The monoisotopic (exact) mass is 272 g/mol. The van der Waals surface area contributed by atoms with E-state index in [4.69, 9.17) is 0 Å². The van der Waals surface area contributed by atoms with Gasteiger partial charge in [-0.3, -0.25) is 4.79 Å². The van der Waals surface area contributed by atoms with Crippen molar-refractivity contribution in [3.63, 3.8) is 0 Å². The smallest absolute Gasteiger partial charge is 0.454 e. The number of hydrogen-bond acceptors (Lipinski definition) is 2. The highest BCUT2D eigenvalue weighted by molar-refractivity contribution is 5.99. The summed E-state index contributed by atoms with van der Waals surface area (Å²) in [7, 11) is 0. The molecule has 0 atom stereocenters. The number of rotatable bonds is 5. The molecule has 0 unspecified atom stereocenters. The average Bonchev–Trinajstić information content (AvgIpc) is 2.35. The van der Waals surface area contributed by atoms with Crippen LogP contribution in [0.5, 0.6) is 0 Å². The number of aliphatic hydroxyl groups is 1. The zero-order chi connectivity index (χ0) is 14.5. The maximum absolute atomic E-state index is 12.0. The molecule has 2 nitrogen and oxygen atoms in total. The van der Waals surface area contributed by atoms with Crippen LogP contribution in [-0.2, 0) is 11.2 Å². The largest absolute Gasteiger partial charge is 0.507 e. The summed E-state index contributed by atoms with van der Waals surface area (Å²) < 4.78 is 36.1. The van der Waals surface area contributed by atoms with Crippen LogP contribution >= 0.6 is 0 Å². The second-order valence-corrected chi connectivity index (χ2v) is 4.19. The number of benzene rings is 1. The molecule has 0 fully saturated rings. The van der Waals surface area contributed by atoms with Crippen molar-refractivity contribution in [1.29, 1.82) is 0 Å². The van der Waals surface area contributed by atoms with E-state index in [9.17, 15) is 23.1 Å². The number of carbonyl (C=O) groups is 1. The number of halogens is 3. The molecule has 1 aromatic rings. The van der Waals surface area contributed by atoms with E-state index >= 15 is 0 Å². The molecule has 0 aliphatic heterocycles. The van der Waals surface area contributed by atoms with Crippen molar-refractivity contribution in [3.8, 4) is 0 Å². The molecular weight excluding hydrogens is 257 g/mol. The van der Waals surface area contributed by atoms with Crippen molar-refractivity contribution in [2.24, 2.45) is 0 Å². The molecule has 1 aromatic carbocycles. The summed E-state index contributed by atoms with van der Waals surface area (Å²) in [5.41, 5.74) is 1.23. The summed E-state index contributed by atoms with van der Waals surface area (Å²) in [5.74, 6) is -2.75. The maximum Gasteiger partial charge on any atom is 0.454 e. The minimum Gasteiger partial charge on any atom is -0.507 e. The maximum atomic E-state index is 12.0. The number of ketones is 1. The van der Waals surface area contributed by atoms with E-state index in [0.717, 1.165) is 24.8 Å². The molecule has 0 radical (unpaired) electrons. The summed E-state index contributed by atoms with van der Waals surface area (Å²) in [5, 5.41) is 9.46. The Balaban J connectivity index is 2.80. The molecule has 0 heterocycles. The number of aliphatic hydroxyl groups excluding tert-OH is 1. The summed E-state index contributed by atoms with van der Waals surface area (Å²) in [6.07, 6.45) is -1.82. The van der Waals surface area contributed by atoms with Crippen molar-refractivity contribution in [3.05, 3.63) is 41.5 Å². The van der Waals surface area contributed by atoms with Crippen LogP contribution in [0, 0.1) is 0 Å². The van der Waals surface area contributed by atoms with Crippen LogP contribution in [0.2, 0.25) is 0 Å². The SMILES string of the molecule is CCCCc1ccc(/C(O)=C/C(=O)C(F)(F)F)cc1. The first-order chi connectivity index (χ1) is 8.84.